The highest BCUT2D eigenvalue weighted by molar-refractivity contribution is 5.78. The number of fused-ring (bicyclic) bond motifs is 7. The van der Waals surface area contributed by atoms with Crippen LogP contribution in [0.15, 0.2) is 24.3 Å². The minimum atomic E-state index is -0.358. The van der Waals surface area contributed by atoms with Gasteiger partial charge in [-0.1, -0.05) is 58.9 Å². The van der Waals surface area contributed by atoms with Gasteiger partial charge in [-0.15, -0.1) is 0 Å². The van der Waals surface area contributed by atoms with E-state index >= 15 is 0 Å². The largest absolute Gasteiger partial charge is 0.469 e. The zero-order chi connectivity index (χ0) is 31.0. The van der Waals surface area contributed by atoms with Crippen molar-refractivity contribution in [2.75, 3.05) is 26.7 Å². The summed E-state index contributed by atoms with van der Waals surface area (Å²) >= 11 is 0. The Morgan fingerprint density at radius 2 is 1.65 bits per heavy atom. The molecule has 0 N–H and O–H groups in total. The van der Waals surface area contributed by atoms with E-state index in [0.717, 1.165) is 64.6 Å². The number of carbonyl (C=O) groups is 2. The molecule has 1 heterocycles. The number of rotatable bonds is 5. The Bertz CT molecular complexity index is 1170. The first kappa shape index (κ1) is 31.4. The number of esters is 2. The van der Waals surface area contributed by atoms with Gasteiger partial charge in [-0.25, -0.2) is 0 Å². The van der Waals surface area contributed by atoms with Gasteiger partial charge in [-0.2, -0.15) is 0 Å². The van der Waals surface area contributed by atoms with Crippen LogP contribution in [-0.4, -0.2) is 49.7 Å². The molecular weight excluding hydrogens is 534 g/mol. The monoisotopic (exact) mass is 593 g/mol. The summed E-state index contributed by atoms with van der Waals surface area (Å²) < 4.78 is 11.6. The fourth-order valence-corrected chi connectivity index (χ4v) is 13.2. The van der Waals surface area contributed by atoms with E-state index in [9.17, 15) is 9.59 Å². The van der Waals surface area contributed by atoms with Crippen LogP contribution >= 0.6 is 0 Å². The quantitative estimate of drug-likeness (QED) is 0.239. The second kappa shape index (κ2) is 10.7. The smallest absolute Gasteiger partial charge is 0.312 e. The molecule has 0 spiro atoms. The molecule has 0 aromatic rings. The highest BCUT2D eigenvalue weighted by Gasteiger charge is 2.72. The Labute approximate surface area is 261 Å². The predicted molar refractivity (Wildman–Crippen MR) is 171 cm³/mol. The Balaban J connectivity index is 1.33. The van der Waals surface area contributed by atoms with Crippen molar-refractivity contribution in [2.45, 2.75) is 118 Å². The third kappa shape index (κ3) is 4.47. The van der Waals surface area contributed by atoms with Gasteiger partial charge in [0.25, 0.3) is 0 Å². The van der Waals surface area contributed by atoms with E-state index in [0.29, 0.717) is 29.6 Å². The van der Waals surface area contributed by atoms with Crippen LogP contribution in [0.3, 0.4) is 0 Å². The van der Waals surface area contributed by atoms with Gasteiger partial charge >= 0.3 is 11.9 Å². The molecule has 0 bridgehead atoms. The van der Waals surface area contributed by atoms with Crippen molar-refractivity contribution in [3.63, 3.8) is 0 Å². The molecule has 5 fully saturated rings. The second-order valence-corrected chi connectivity index (χ2v) is 17.1. The molecule has 0 saturated heterocycles. The fraction of sp³-hybridized carbons (Fsp3) is 0.842. The predicted octanol–water partition coefficient (Wildman–Crippen LogP) is 7.99. The number of hydrogen-bond donors (Lipinski definition) is 0. The van der Waals surface area contributed by atoms with Crippen molar-refractivity contribution in [2.24, 2.45) is 56.7 Å². The summed E-state index contributed by atoms with van der Waals surface area (Å²) in [6.45, 7) is 22.0. The van der Waals surface area contributed by atoms with Crippen LogP contribution < -0.4 is 0 Å². The lowest BCUT2D eigenvalue weighted by Crippen LogP contribution is -2.67. The Hall–Kier alpha value is -1.62. The first-order valence-electron chi connectivity index (χ1n) is 17.6. The molecule has 240 valence electrons. The lowest BCUT2D eigenvalue weighted by molar-refractivity contribution is -0.250. The minimum Gasteiger partial charge on any atom is -0.469 e. The van der Waals surface area contributed by atoms with Gasteiger partial charge in [0.15, 0.2) is 0 Å². The molecule has 0 aromatic carbocycles. The molecule has 6 aliphatic rings. The van der Waals surface area contributed by atoms with Crippen LogP contribution in [0.1, 0.15) is 112 Å². The summed E-state index contributed by atoms with van der Waals surface area (Å²) in [4.78, 5) is 28.3. The molecule has 0 amide bonds. The molecule has 0 unspecified atom stereocenters. The van der Waals surface area contributed by atoms with Crippen molar-refractivity contribution < 1.29 is 19.1 Å². The maximum absolute atomic E-state index is 13.8. The molecule has 6 rings (SSSR count). The van der Waals surface area contributed by atoms with Crippen molar-refractivity contribution >= 4 is 11.9 Å². The van der Waals surface area contributed by atoms with Crippen LogP contribution in [0.2, 0.25) is 0 Å². The first-order valence-corrected chi connectivity index (χ1v) is 17.6. The van der Waals surface area contributed by atoms with Gasteiger partial charge < -0.3 is 9.47 Å². The van der Waals surface area contributed by atoms with Gasteiger partial charge in [0, 0.05) is 32.0 Å². The molecule has 43 heavy (non-hydrogen) atoms. The van der Waals surface area contributed by atoms with Crippen LogP contribution in [0.5, 0.6) is 0 Å². The van der Waals surface area contributed by atoms with Gasteiger partial charge in [-0.3, -0.25) is 14.5 Å². The molecule has 5 aliphatic carbocycles. The van der Waals surface area contributed by atoms with Gasteiger partial charge in [-0.05, 0) is 116 Å². The molecule has 5 heteroatoms. The second-order valence-electron chi connectivity index (χ2n) is 17.1. The fourth-order valence-electron chi connectivity index (χ4n) is 13.2. The summed E-state index contributed by atoms with van der Waals surface area (Å²) in [7, 11) is 1.61. The highest BCUT2D eigenvalue weighted by Crippen LogP contribution is 2.77. The summed E-state index contributed by atoms with van der Waals surface area (Å²) in [5.74, 6) is 2.32. The lowest BCUT2D eigenvalue weighted by Gasteiger charge is -2.72. The minimum absolute atomic E-state index is 0.00960. The standard InChI is InChI=1S/C38H59NO4/c1-25(24-39-22-10-9-11-23-39)27-14-19-38(33(41)42-8)21-20-36(6)28(32(27)38)12-13-30-35(5)17-16-31(43-26(2)40)34(3,4)29(35)15-18-37(30,36)7/h9-10,27-32H,1,11-24H2,2-8H3/t27-,28+,29-,30+,31-,32+,35-,36+,37+,38-/m0/s1. The molecule has 0 radical (unpaired) electrons. The number of ether oxygens (including phenoxy) is 2. The van der Waals surface area contributed by atoms with E-state index in [1.54, 1.807) is 14.0 Å². The van der Waals surface area contributed by atoms with Crippen LogP contribution in [-0.2, 0) is 19.1 Å². The van der Waals surface area contributed by atoms with Crippen LogP contribution in [0.4, 0.5) is 0 Å². The number of methoxy groups -OCH3 is 1. The van der Waals surface area contributed by atoms with Crippen LogP contribution in [0, 0.1) is 56.7 Å². The van der Waals surface area contributed by atoms with Crippen molar-refractivity contribution in [1.82, 2.24) is 4.90 Å². The Morgan fingerprint density at radius 1 is 0.884 bits per heavy atom. The van der Waals surface area contributed by atoms with E-state index < -0.39 is 0 Å². The van der Waals surface area contributed by atoms with E-state index in [1.807, 2.05) is 0 Å². The van der Waals surface area contributed by atoms with E-state index in [1.165, 1.54) is 31.3 Å². The average Bonchev–Trinajstić information content (AvgIpc) is 3.36. The zero-order valence-electron chi connectivity index (χ0n) is 28.3. The third-order valence-electron chi connectivity index (χ3n) is 15.4. The summed E-state index contributed by atoms with van der Waals surface area (Å²) in [5.41, 5.74) is 1.60. The van der Waals surface area contributed by atoms with Crippen molar-refractivity contribution in [1.29, 1.82) is 0 Å². The normalized spacial score (nSPS) is 47.0. The summed E-state index contributed by atoms with van der Waals surface area (Å²) in [6, 6.07) is 0. The molecule has 5 nitrogen and oxygen atoms in total. The summed E-state index contributed by atoms with van der Waals surface area (Å²) in [6.07, 6.45) is 16.8. The summed E-state index contributed by atoms with van der Waals surface area (Å²) in [5, 5.41) is 0. The van der Waals surface area contributed by atoms with Gasteiger partial charge in [0.1, 0.15) is 6.10 Å². The Morgan fingerprint density at radius 3 is 2.33 bits per heavy atom. The van der Waals surface area contributed by atoms with Crippen molar-refractivity contribution in [3.8, 4) is 0 Å². The number of carbonyl (C=O) groups excluding carboxylic acids is 2. The molecular formula is C38H59NO4. The third-order valence-corrected chi connectivity index (χ3v) is 15.4. The number of nitrogens with zero attached hydrogens (tertiary/aromatic N) is 1. The molecule has 5 saturated carbocycles. The molecule has 1 aliphatic heterocycles. The number of hydrogen-bond acceptors (Lipinski definition) is 5. The lowest BCUT2D eigenvalue weighted by atomic mass is 9.32. The van der Waals surface area contributed by atoms with Crippen molar-refractivity contribution in [3.05, 3.63) is 24.3 Å². The first-order chi connectivity index (χ1) is 20.2. The maximum atomic E-state index is 13.8. The van der Waals surface area contributed by atoms with E-state index in [-0.39, 0.29) is 45.1 Å². The van der Waals surface area contributed by atoms with E-state index in [2.05, 4.69) is 51.7 Å². The topological polar surface area (TPSA) is 55.8 Å². The highest BCUT2D eigenvalue weighted by atomic mass is 16.5. The SMILES string of the molecule is C=C(CN1CC=CCC1)[C@@H]1CC[C@]2(C(=O)OC)CC[C@]3(C)[C@H](CC[C@@H]4[C@@]5(C)CC[C@H](OC(C)=O)C(C)(C)[C@@H]5CC[C@]43C)[C@@H]12. The maximum Gasteiger partial charge on any atom is 0.312 e. The molecule has 0 aromatic heterocycles. The zero-order valence-corrected chi connectivity index (χ0v) is 28.3. The Kier molecular flexibility index (Phi) is 7.83. The average molecular weight is 594 g/mol. The molecule has 10 atom stereocenters. The van der Waals surface area contributed by atoms with E-state index in [4.69, 9.17) is 16.1 Å². The van der Waals surface area contributed by atoms with Gasteiger partial charge in [0.05, 0.1) is 12.5 Å². The van der Waals surface area contributed by atoms with Gasteiger partial charge in [0.2, 0.25) is 0 Å². The van der Waals surface area contributed by atoms with Crippen LogP contribution in [0.25, 0.3) is 0 Å².